The Balaban J connectivity index is 4.48. The van der Waals surface area contributed by atoms with Crippen LogP contribution in [0.15, 0.2) is 0 Å². The van der Waals surface area contributed by atoms with Crippen LogP contribution in [-0.4, -0.2) is 29.3 Å². The monoisotopic (exact) mass is 336 g/mol. The second-order valence-corrected chi connectivity index (χ2v) is 22.2. The van der Waals surface area contributed by atoms with E-state index in [0.29, 0.717) is 0 Å². The molecule has 0 aromatic carbocycles. The molecule has 0 heterocycles. The van der Waals surface area contributed by atoms with E-state index in [-0.39, 0.29) is 0 Å². The van der Waals surface area contributed by atoms with Gasteiger partial charge in [0, 0.05) is 0 Å². The Bertz CT molecular complexity index is 128. The summed E-state index contributed by atoms with van der Waals surface area (Å²) in [7, 11) is 0. The minimum absolute atomic E-state index is 0.558. The van der Waals surface area contributed by atoms with Crippen LogP contribution in [0, 0.1) is 0 Å². The molecule has 0 radical (unpaired) electrons. The van der Waals surface area contributed by atoms with E-state index in [4.69, 9.17) is 0 Å². The zero-order valence-corrected chi connectivity index (χ0v) is 15.7. The van der Waals surface area contributed by atoms with Gasteiger partial charge in [-0.15, -0.1) is 0 Å². The average molecular weight is 336 g/mol. The molecule has 15 heavy (non-hydrogen) atoms. The molecule has 92 valence electrons. The van der Waals surface area contributed by atoms with Gasteiger partial charge in [-0.1, -0.05) is 0 Å². The van der Waals surface area contributed by atoms with Gasteiger partial charge in [-0.3, -0.25) is 0 Å². The van der Waals surface area contributed by atoms with Crippen molar-refractivity contribution in [2.24, 2.45) is 0 Å². The molecule has 0 saturated carbocycles. The molecule has 0 saturated heterocycles. The molecule has 0 aliphatic heterocycles. The predicted octanol–water partition coefficient (Wildman–Crippen LogP) is 5.16. The molecule has 0 aromatic rings. The standard InChI is InChI=1S/C13H30As2/c1-10(2)14(11(3)4)9-15(12(5)6)13(7)8/h10-13H,9H2,1-8H3. The Kier molecular flexibility index (Phi) is 8.00. The Morgan fingerprint density at radius 3 is 0.867 bits per heavy atom. The molecule has 0 bridgehead atoms. The predicted molar refractivity (Wildman–Crippen MR) is 76.7 cm³/mol. The van der Waals surface area contributed by atoms with Crippen molar-refractivity contribution >= 4 is 29.3 Å². The third-order valence-electron chi connectivity index (χ3n) is 2.98. The first kappa shape index (κ1) is 16.1. The zero-order valence-electron chi connectivity index (χ0n) is 11.9. The molecule has 0 aromatic heterocycles. The van der Waals surface area contributed by atoms with Crippen LogP contribution in [0.3, 0.4) is 0 Å². The van der Waals surface area contributed by atoms with Crippen LogP contribution in [0.25, 0.3) is 0 Å². The van der Waals surface area contributed by atoms with Gasteiger partial charge in [-0.25, -0.2) is 0 Å². The van der Waals surface area contributed by atoms with E-state index in [0.717, 1.165) is 18.8 Å². The van der Waals surface area contributed by atoms with Gasteiger partial charge < -0.3 is 0 Å². The van der Waals surface area contributed by atoms with Crippen molar-refractivity contribution < 1.29 is 0 Å². The molecule has 0 atom stereocenters. The van der Waals surface area contributed by atoms with Gasteiger partial charge >= 0.3 is 108 Å². The van der Waals surface area contributed by atoms with E-state index in [1.54, 1.807) is 4.00 Å². The van der Waals surface area contributed by atoms with Crippen molar-refractivity contribution in [1.82, 2.24) is 0 Å². The molecule has 0 fully saturated rings. The van der Waals surface area contributed by atoms with Crippen LogP contribution in [0.4, 0.5) is 0 Å². The summed E-state index contributed by atoms with van der Waals surface area (Å²) in [5, 5.41) is 0. The third kappa shape index (κ3) is 5.83. The summed E-state index contributed by atoms with van der Waals surface area (Å²) in [6.45, 7) is 19.7. The van der Waals surface area contributed by atoms with Crippen molar-refractivity contribution in [2.75, 3.05) is 0 Å². The van der Waals surface area contributed by atoms with E-state index in [1.807, 2.05) is 0 Å². The van der Waals surface area contributed by atoms with Crippen LogP contribution >= 0.6 is 0 Å². The molecule has 0 amide bonds. The topological polar surface area (TPSA) is 0 Å². The molecule has 0 N–H and O–H groups in total. The van der Waals surface area contributed by atoms with E-state index >= 15 is 0 Å². The maximum absolute atomic E-state index is 2.47. The van der Waals surface area contributed by atoms with Crippen molar-refractivity contribution in [3.63, 3.8) is 0 Å². The normalized spacial score (nSPS) is 13.2. The van der Waals surface area contributed by atoms with E-state index in [9.17, 15) is 0 Å². The van der Waals surface area contributed by atoms with Crippen LogP contribution in [0.5, 0.6) is 0 Å². The molecular weight excluding hydrogens is 306 g/mol. The van der Waals surface area contributed by atoms with Crippen LogP contribution in [0.1, 0.15) is 55.4 Å². The van der Waals surface area contributed by atoms with Crippen molar-refractivity contribution in [1.29, 1.82) is 0 Å². The van der Waals surface area contributed by atoms with Gasteiger partial charge in [0.25, 0.3) is 0 Å². The van der Waals surface area contributed by atoms with E-state index in [2.05, 4.69) is 55.4 Å². The van der Waals surface area contributed by atoms with Crippen molar-refractivity contribution in [3.8, 4) is 0 Å². The first-order valence-corrected chi connectivity index (χ1v) is 13.3. The zero-order chi connectivity index (χ0) is 12.2. The van der Waals surface area contributed by atoms with Crippen LogP contribution in [-0.2, 0) is 0 Å². The summed E-state index contributed by atoms with van der Waals surface area (Å²) in [5.74, 6) is 0. The van der Waals surface area contributed by atoms with Gasteiger partial charge in [0.15, 0.2) is 0 Å². The second-order valence-electron chi connectivity index (χ2n) is 5.54. The first-order valence-electron chi connectivity index (χ1n) is 6.28. The molecular formula is C13H30As2. The summed E-state index contributed by atoms with van der Waals surface area (Å²) in [5.41, 5.74) is 0. The molecule has 0 nitrogen and oxygen atoms in total. The summed E-state index contributed by atoms with van der Waals surface area (Å²) in [6, 6.07) is 0. The number of hydrogen-bond donors (Lipinski definition) is 0. The van der Waals surface area contributed by atoms with Gasteiger partial charge in [0.2, 0.25) is 0 Å². The van der Waals surface area contributed by atoms with Crippen molar-refractivity contribution in [2.45, 2.75) is 78.2 Å². The quantitative estimate of drug-likeness (QED) is 0.588. The van der Waals surface area contributed by atoms with Crippen molar-refractivity contribution in [3.05, 3.63) is 0 Å². The molecule has 0 unspecified atom stereocenters. The summed E-state index contributed by atoms with van der Waals surface area (Å²) in [4.78, 5) is 0. The van der Waals surface area contributed by atoms with E-state index < -0.39 is 29.3 Å². The Morgan fingerprint density at radius 1 is 0.533 bits per heavy atom. The first-order chi connectivity index (χ1) is 6.77. The Morgan fingerprint density at radius 2 is 0.733 bits per heavy atom. The summed E-state index contributed by atoms with van der Waals surface area (Å²) in [6.07, 6.45) is 0. The van der Waals surface area contributed by atoms with Crippen LogP contribution < -0.4 is 0 Å². The molecule has 0 rings (SSSR count). The fraction of sp³-hybridized carbons (Fsp3) is 1.00. The number of rotatable bonds is 6. The Labute approximate surface area is 107 Å². The maximum atomic E-state index is 2.47. The number of hydrogen-bond acceptors (Lipinski definition) is 0. The average Bonchev–Trinajstić information content (AvgIpc) is 2.01. The SMILES string of the molecule is CC(C)[As](C[As](C(C)C)C(C)C)C(C)C. The minimum atomic E-state index is -0.558. The van der Waals surface area contributed by atoms with Gasteiger partial charge in [0.1, 0.15) is 0 Å². The van der Waals surface area contributed by atoms with Gasteiger partial charge in [-0.2, -0.15) is 0 Å². The van der Waals surface area contributed by atoms with Gasteiger partial charge in [0.05, 0.1) is 0 Å². The van der Waals surface area contributed by atoms with Gasteiger partial charge in [-0.05, 0) is 0 Å². The summed E-state index contributed by atoms with van der Waals surface area (Å²) < 4.78 is 5.72. The third-order valence-corrected chi connectivity index (χ3v) is 22.6. The second kappa shape index (κ2) is 7.44. The molecule has 0 spiro atoms. The molecule has 0 aliphatic carbocycles. The fourth-order valence-electron chi connectivity index (χ4n) is 2.03. The molecule has 0 aliphatic rings. The van der Waals surface area contributed by atoms with Crippen LogP contribution in [0.2, 0.25) is 22.8 Å². The van der Waals surface area contributed by atoms with E-state index in [1.165, 1.54) is 0 Å². The fourth-order valence-corrected chi connectivity index (χ4v) is 28.9. The summed E-state index contributed by atoms with van der Waals surface area (Å²) >= 11 is -1.12. The molecule has 2 heteroatoms. The Hall–Kier alpha value is 1.12.